The number of hydrogen-bond donors (Lipinski definition) is 0. The summed E-state index contributed by atoms with van der Waals surface area (Å²) in [7, 11) is -1.06. The van der Waals surface area contributed by atoms with Crippen LogP contribution in [-0.4, -0.2) is 10.7 Å². The number of alkyl halides is 6. The van der Waals surface area contributed by atoms with Gasteiger partial charge >= 0.3 is 12.4 Å². The standard InChI is InChI=1S/C34H25F6N2P/c1-23(29-16-8-9-18-31(29)43(27-12-4-2-5-13-27)28-14-6-3-7-15-28)42-32(30-17-10-11-19-41-30)24-20-25(33(35,36)37)22-26(21-24)34(38,39)40/h2-23H,1H3/t23-/m0/s1. The highest BCUT2D eigenvalue weighted by Gasteiger charge is 2.37. The van der Waals surface area contributed by atoms with E-state index in [0.29, 0.717) is 12.1 Å². The van der Waals surface area contributed by atoms with Gasteiger partial charge < -0.3 is 0 Å². The van der Waals surface area contributed by atoms with E-state index in [2.05, 4.69) is 4.98 Å². The third-order valence-corrected chi connectivity index (χ3v) is 9.27. The van der Waals surface area contributed by atoms with Crippen molar-refractivity contribution in [3.8, 4) is 0 Å². The predicted molar refractivity (Wildman–Crippen MR) is 160 cm³/mol. The number of rotatable bonds is 7. The predicted octanol–water partition coefficient (Wildman–Crippen LogP) is 8.48. The van der Waals surface area contributed by atoms with Crippen molar-refractivity contribution < 1.29 is 26.3 Å². The fraction of sp³-hybridized carbons (Fsp3) is 0.118. The molecule has 0 radical (unpaired) electrons. The Morgan fingerprint density at radius 1 is 0.651 bits per heavy atom. The van der Waals surface area contributed by atoms with Crippen LogP contribution < -0.4 is 15.9 Å². The number of halogens is 6. The van der Waals surface area contributed by atoms with E-state index in [1.807, 2.05) is 84.9 Å². The van der Waals surface area contributed by atoms with E-state index < -0.39 is 37.4 Å². The van der Waals surface area contributed by atoms with E-state index in [0.717, 1.165) is 21.5 Å². The molecule has 0 unspecified atom stereocenters. The fourth-order valence-electron chi connectivity index (χ4n) is 4.77. The molecule has 0 aliphatic rings. The fourth-order valence-corrected chi connectivity index (χ4v) is 7.32. The van der Waals surface area contributed by atoms with Crippen LogP contribution in [0.2, 0.25) is 0 Å². The van der Waals surface area contributed by atoms with Gasteiger partial charge in [-0.25, -0.2) is 0 Å². The largest absolute Gasteiger partial charge is 0.416 e. The number of aromatic nitrogens is 1. The minimum atomic E-state index is -5.00. The molecule has 0 N–H and O–H groups in total. The van der Waals surface area contributed by atoms with Gasteiger partial charge in [0.25, 0.3) is 0 Å². The molecule has 5 aromatic rings. The molecule has 0 bridgehead atoms. The first-order valence-electron chi connectivity index (χ1n) is 13.3. The molecule has 0 saturated heterocycles. The van der Waals surface area contributed by atoms with Crippen molar-refractivity contribution in [2.24, 2.45) is 4.99 Å². The van der Waals surface area contributed by atoms with Gasteiger partial charge in [-0.3, -0.25) is 9.98 Å². The minimum absolute atomic E-state index is 0.0664. The van der Waals surface area contributed by atoms with Crippen LogP contribution in [0.3, 0.4) is 0 Å². The Hall–Kier alpha value is -4.29. The highest BCUT2D eigenvalue weighted by Crippen LogP contribution is 2.38. The smallest absolute Gasteiger partial charge is 0.275 e. The molecule has 1 atom stereocenters. The van der Waals surface area contributed by atoms with Crippen LogP contribution in [0, 0.1) is 0 Å². The molecule has 0 aliphatic heterocycles. The van der Waals surface area contributed by atoms with Crippen LogP contribution in [0.15, 0.2) is 133 Å². The van der Waals surface area contributed by atoms with Crippen molar-refractivity contribution in [2.75, 3.05) is 0 Å². The van der Waals surface area contributed by atoms with Crippen LogP contribution in [0.25, 0.3) is 0 Å². The molecule has 0 aliphatic carbocycles. The lowest BCUT2D eigenvalue weighted by Gasteiger charge is -2.24. The van der Waals surface area contributed by atoms with E-state index in [4.69, 9.17) is 4.99 Å². The highest BCUT2D eigenvalue weighted by molar-refractivity contribution is 7.79. The number of hydrogen-bond acceptors (Lipinski definition) is 2. The second-order valence-corrected chi connectivity index (χ2v) is 11.9. The highest BCUT2D eigenvalue weighted by atomic mass is 31.1. The van der Waals surface area contributed by atoms with Gasteiger partial charge in [0, 0.05) is 11.8 Å². The summed E-state index contributed by atoms with van der Waals surface area (Å²) in [5, 5.41) is 3.15. The monoisotopic (exact) mass is 606 g/mol. The maximum atomic E-state index is 13.8. The van der Waals surface area contributed by atoms with Crippen LogP contribution in [0.4, 0.5) is 26.3 Å². The Morgan fingerprint density at radius 3 is 1.67 bits per heavy atom. The molecule has 0 amide bonds. The lowest BCUT2D eigenvalue weighted by molar-refractivity contribution is -0.143. The van der Waals surface area contributed by atoms with E-state index in [9.17, 15) is 26.3 Å². The third kappa shape index (κ3) is 7.03. The first-order valence-corrected chi connectivity index (χ1v) is 14.6. The van der Waals surface area contributed by atoms with Gasteiger partial charge in [-0.15, -0.1) is 0 Å². The van der Waals surface area contributed by atoms with Crippen molar-refractivity contribution >= 4 is 29.5 Å². The maximum Gasteiger partial charge on any atom is 0.416 e. The summed E-state index contributed by atoms with van der Waals surface area (Å²) in [6.45, 7) is 1.78. The van der Waals surface area contributed by atoms with Crippen molar-refractivity contribution in [3.63, 3.8) is 0 Å². The summed E-state index contributed by atoms with van der Waals surface area (Å²) in [6, 6.07) is 33.2. The Balaban J connectivity index is 1.70. The van der Waals surface area contributed by atoms with Crippen molar-refractivity contribution in [1.82, 2.24) is 4.98 Å². The number of pyridine rings is 1. The van der Waals surface area contributed by atoms with Gasteiger partial charge in [0.15, 0.2) is 0 Å². The zero-order valence-corrected chi connectivity index (χ0v) is 23.7. The number of benzene rings is 4. The normalized spacial score (nSPS) is 13.3. The molecule has 0 spiro atoms. The zero-order valence-electron chi connectivity index (χ0n) is 22.8. The molecule has 218 valence electrons. The summed E-state index contributed by atoms with van der Waals surface area (Å²) in [6.07, 6.45) is -8.57. The Morgan fingerprint density at radius 2 is 1.16 bits per heavy atom. The summed E-state index contributed by atoms with van der Waals surface area (Å²) in [5.41, 5.74) is -2.25. The minimum Gasteiger partial charge on any atom is -0.275 e. The molecule has 2 nitrogen and oxygen atoms in total. The van der Waals surface area contributed by atoms with Gasteiger partial charge in [-0.1, -0.05) is 91.0 Å². The first-order chi connectivity index (χ1) is 20.5. The molecule has 43 heavy (non-hydrogen) atoms. The quantitative estimate of drug-likeness (QED) is 0.104. The van der Waals surface area contributed by atoms with E-state index in [1.165, 1.54) is 12.3 Å². The molecule has 5 rings (SSSR count). The van der Waals surface area contributed by atoms with E-state index in [-0.39, 0.29) is 23.0 Å². The summed E-state index contributed by atoms with van der Waals surface area (Å²) in [5.74, 6) is 0. The van der Waals surface area contributed by atoms with Crippen LogP contribution in [-0.2, 0) is 12.4 Å². The van der Waals surface area contributed by atoms with Gasteiger partial charge in [0.2, 0.25) is 0 Å². The molecule has 0 saturated carbocycles. The van der Waals surface area contributed by atoms with Crippen LogP contribution in [0.1, 0.15) is 40.9 Å². The lowest BCUT2D eigenvalue weighted by Crippen LogP contribution is -2.24. The van der Waals surface area contributed by atoms with E-state index >= 15 is 0 Å². The molecular formula is C34H25F6N2P. The molecule has 9 heteroatoms. The average Bonchev–Trinajstić information content (AvgIpc) is 3.00. The summed E-state index contributed by atoms with van der Waals surface area (Å²) in [4.78, 5) is 9.04. The SMILES string of the molecule is C[C@H](N=C(c1cc(C(F)(F)F)cc(C(F)(F)F)c1)c1ccccn1)c1ccccc1P(c1ccccc1)c1ccccc1. The Kier molecular flexibility index (Phi) is 8.79. The first kappa shape index (κ1) is 30.2. The zero-order chi connectivity index (χ0) is 30.6. The molecule has 0 fully saturated rings. The Bertz CT molecular complexity index is 1630. The van der Waals surface area contributed by atoms with Gasteiger partial charge in [-0.05, 0) is 66.7 Å². The van der Waals surface area contributed by atoms with Crippen molar-refractivity contribution in [3.05, 3.63) is 155 Å². The van der Waals surface area contributed by atoms with Crippen LogP contribution in [0.5, 0.6) is 0 Å². The summed E-state index contributed by atoms with van der Waals surface area (Å²) < 4.78 is 82.6. The third-order valence-electron chi connectivity index (χ3n) is 6.75. The molecule has 1 heterocycles. The molecule has 1 aromatic heterocycles. The number of aliphatic imine (C=N–C) groups is 1. The second-order valence-electron chi connectivity index (χ2n) is 9.73. The molecule has 4 aromatic carbocycles. The summed E-state index contributed by atoms with van der Waals surface area (Å²) >= 11 is 0. The van der Waals surface area contributed by atoms with Crippen LogP contribution >= 0.6 is 7.92 Å². The van der Waals surface area contributed by atoms with Gasteiger partial charge in [0.05, 0.1) is 28.6 Å². The topological polar surface area (TPSA) is 25.2 Å². The van der Waals surface area contributed by atoms with Gasteiger partial charge in [0.1, 0.15) is 0 Å². The average molecular weight is 607 g/mol. The van der Waals surface area contributed by atoms with E-state index in [1.54, 1.807) is 19.1 Å². The lowest BCUT2D eigenvalue weighted by atomic mass is 9.98. The number of nitrogens with zero attached hydrogens (tertiary/aromatic N) is 2. The van der Waals surface area contributed by atoms with Crippen molar-refractivity contribution in [2.45, 2.75) is 25.3 Å². The maximum absolute atomic E-state index is 13.8. The Labute approximate surface area is 246 Å². The van der Waals surface area contributed by atoms with Crippen molar-refractivity contribution in [1.29, 1.82) is 0 Å². The second kappa shape index (κ2) is 12.5. The molecular weight excluding hydrogens is 581 g/mol. The van der Waals surface area contributed by atoms with Gasteiger partial charge in [-0.2, -0.15) is 26.3 Å².